The molecular formula is C10H23NO. The van der Waals surface area contributed by atoms with Crippen molar-refractivity contribution in [2.45, 2.75) is 52.5 Å². The molecule has 0 fully saturated rings. The summed E-state index contributed by atoms with van der Waals surface area (Å²) in [5.74, 6) is 0. The highest BCUT2D eigenvalue weighted by molar-refractivity contribution is 4.59. The molecule has 0 spiro atoms. The minimum atomic E-state index is 0.599. The van der Waals surface area contributed by atoms with Crippen LogP contribution in [0.5, 0.6) is 0 Å². The molecular weight excluding hydrogens is 150 g/mol. The van der Waals surface area contributed by atoms with Crippen LogP contribution < -0.4 is 0 Å². The lowest BCUT2D eigenvalue weighted by molar-refractivity contribution is -0.169. The van der Waals surface area contributed by atoms with Gasteiger partial charge in [0.2, 0.25) is 0 Å². The molecule has 0 saturated heterocycles. The van der Waals surface area contributed by atoms with Gasteiger partial charge < -0.3 is 0 Å². The van der Waals surface area contributed by atoms with E-state index >= 15 is 0 Å². The summed E-state index contributed by atoms with van der Waals surface area (Å²) < 4.78 is 0. The summed E-state index contributed by atoms with van der Waals surface area (Å²) in [6.07, 6.45) is 4.73. The van der Waals surface area contributed by atoms with Gasteiger partial charge in [0.25, 0.3) is 0 Å². The van der Waals surface area contributed by atoms with E-state index < -0.39 is 0 Å². The lowest BCUT2D eigenvalue weighted by Gasteiger charge is -2.25. The Morgan fingerprint density at radius 1 is 1.17 bits per heavy atom. The number of hydrogen-bond acceptors (Lipinski definition) is 2. The van der Waals surface area contributed by atoms with Gasteiger partial charge in [0, 0.05) is 13.1 Å². The van der Waals surface area contributed by atoms with Gasteiger partial charge in [-0.25, -0.2) is 0 Å². The van der Waals surface area contributed by atoms with Crippen molar-refractivity contribution < 1.29 is 4.84 Å². The molecule has 1 unspecified atom stereocenters. The first kappa shape index (κ1) is 11.9. The fourth-order valence-corrected chi connectivity index (χ4v) is 1.32. The first-order chi connectivity index (χ1) is 5.76. The molecule has 0 heterocycles. The van der Waals surface area contributed by atoms with Gasteiger partial charge >= 0.3 is 0 Å². The van der Waals surface area contributed by atoms with E-state index in [2.05, 4.69) is 20.8 Å². The zero-order valence-electron chi connectivity index (χ0n) is 8.97. The summed E-state index contributed by atoms with van der Waals surface area (Å²) in [5.41, 5.74) is 0. The van der Waals surface area contributed by atoms with Crippen molar-refractivity contribution in [1.82, 2.24) is 5.06 Å². The van der Waals surface area contributed by atoms with E-state index in [9.17, 15) is 0 Å². The minimum absolute atomic E-state index is 0.599. The summed E-state index contributed by atoms with van der Waals surface area (Å²) in [5, 5.41) is 2.02. The Hall–Kier alpha value is -0.0800. The predicted octanol–water partition coefficient (Wildman–Crippen LogP) is 2.84. The largest absolute Gasteiger partial charge is 0.299 e. The van der Waals surface area contributed by atoms with Crippen molar-refractivity contribution >= 4 is 0 Å². The smallest absolute Gasteiger partial charge is 0.0682 e. The molecule has 0 bridgehead atoms. The van der Waals surface area contributed by atoms with Crippen LogP contribution in [0.15, 0.2) is 0 Å². The van der Waals surface area contributed by atoms with Crippen LogP contribution in [-0.2, 0) is 4.84 Å². The van der Waals surface area contributed by atoms with Gasteiger partial charge in [0.15, 0.2) is 0 Å². The van der Waals surface area contributed by atoms with Crippen LogP contribution in [0, 0.1) is 0 Å². The first-order valence-electron chi connectivity index (χ1n) is 5.11. The molecule has 0 aromatic carbocycles. The molecule has 12 heavy (non-hydrogen) atoms. The van der Waals surface area contributed by atoms with Gasteiger partial charge in [-0.05, 0) is 19.3 Å². The molecule has 0 aliphatic heterocycles. The number of nitrogens with zero attached hydrogens (tertiary/aromatic N) is 1. The number of rotatable bonds is 7. The fourth-order valence-electron chi connectivity index (χ4n) is 1.32. The second-order valence-electron chi connectivity index (χ2n) is 3.23. The van der Waals surface area contributed by atoms with Crippen molar-refractivity contribution in [3.8, 4) is 0 Å². The first-order valence-corrected chi connectivity index (χ1v) is 5.11. The van der Waals surface area contributed by atoms with Crippen LogP contribution >= 0.6 is 0 Å². The maximum absolute atomic E-state index is 5.53. The molecule has 0 amide bonds. The van der Waals surface area contributed by atoms with Gasteiger partial charge in [-0.2, -0.15) is 5.06 Å². The third-order valence-electron chi connectivity index (χ3n) is 2.11. The Morgan fingerprint density at radius 3 is 2.25 bits per heavy atom. The maximum atomic E-state index is 5.53. The van der Waals surface area contributed by atoms with Crippen LogP contribution in [0.25, 0.3) is 0 Å². The highest BCUT2D eigenvalue weighted by Crippen LogP contribution is 2.09. The molecule has 0 saturated carbocycles. The second-order valence-corrected chi connectivity index (χ2v) is 3.23. The van der Waals surface area contributed by atoms with Gasteiger partial charge in [-0.3, -0.25) is 4.84 Å². The van der Waals surface area contributed by atoms with Gasteiger partial charge in [-0.15, -0.1) is 0 Å². The van der Waals surface area contributed by atoms with Gasteiger partial charge in [0.1, 0.15) is 0 Å². The van der Waals surface area contributed by atoms with Crippen LogP contribution in [0.2, 0.25) is 0 Å². The highest BCUT2D eigenvalue weighted by Gasteiger charge is 2.10. The quantitative estimate of drug-likeness (QED) is 0.549. The Labute approximate surface area is 76.9 Å². The standard InChI is InChI=1S/C10H23NO/c1-5-8-10(7-3)11(4)12-9-6-2/h10H,5-9H2,1-4H3. The van der Waals surface area contributed by atoms with E-state index in [0.717, 1.165) is 13.0 Å². The van der Waals surface area contributed by atoms with Crippen LogP contribution in [0.3, 0.4) is 0 Å². The molecule has 0 radical (unpaired) electrons. The molecule has 1 atom stereocenters. The molecule has 0 N–H and O–H groups in total. The molecule has 0 rings (SSSR count). The predicted molar refractivity (Wildman–Crippen MR) is 53.0 cm³/mol. The van der Waals surface area contributed by atoms with E-state index in [1.165, 1.54) is 19.3 Å². The zero-order chi connectivity index (χ0) is 9.40. The monoisotopic (exact) mass is 173 g/mol. The summed E-state index contributed by atoms with van der Waals surface area (Å²) in [7, 11) is 2.04. The zero-order valence-corrected chi connectivity index (χ0v) is 8.97. The Bertz CT molecular complexity index is 95.8. The average Bonchev–Trinajstić information content (AvgIpc) is 2.10. The lowest BCUT2D eigenvalue weighted by atomic mass is 10.1. The van der Waals surface area contributed by atoms with Crippen molar-refractivity contribution in [3.63, 3.8) is 0 Å². The third kappa shape index (κ3) is 4.73. The molecule has 74 valence electrons. The van der Waals surface area contributed by atoms with E-state index in [1.807, 2.05) is 12.1 Å². The molecule has 0 aliphatic rings. The summed E-state index contributed by atoms with van der Waals surface area (Å²) in [4.78, 5) is 5.53. The molecule has 0 aromatic rings. The summed E-state index contributed by atoms with van der Waals surface area (Å²) in [6.45, 7) is 7.41. The van der Waals surface area contributed by atoms with Gasteiger partial charge in [0.05, 0.1) is 6.61 Å². The Morgan fingerprint density at radius 2 is 1.83 bits per heavy atom. The Kier molecular flexibility index (Phi) is 7.51. The summed E-state index contributed by atoms with van der Waals surface area (Å²) in [6, 6.07) is 0.599. The summed E-state index contributed by atoms with van der Waals surface area (Å²) >= 11 is 0. The number of hydroxylamine groups is 2. The van der Waals surface area contributed by atoms with Crippen LogP contribution in [0.1, 0.15) is 46.5 Å². The van der Waals surface area contributed by atoms with E-state index in [-0.39, 0.29) is 0 Å². The average molecular weight is 173 g/mol. The van der Waals surface area contributed by atoms with Crippen molar-refractivity contribution in [3.05, 3.63) is 0 Å². The van der Waals surface area contributed by atoms with Gasteiger partial charge in [-0.1, -0.05) is 27.2 Å². The van der Waals surface area contributed by atoms with Crippen LogP contribution in [-0.4, -0.2) is 24.8 Å². The SMILES string of the molecule is CCCON(C)C(CC)CCC. The highest BCUT2D eigenvalue weighted by atomic mass is 16.7. The second kappa shape index (κ2) is 7.56. The molecule has 0 aliphatic carbocycles. The lowest BCUT2D eigenvalue weighted by Crippen LogP contribution is -2.31. The molecule has 2 heteroatoms. The van der Waals surface area contributed by atoms with E-state index in [1.54, 1.807) is 0 Å². The molecule has 2 nitrogen and oxygen atoms in total. The van der Waals surface area contributed by atoms with Crippen molar-refractivity contribution in [2.75, 3.05) is 13.7 Å². The normalized spacial score (nSPS) is 13.8. The maximum Gasteiger partial charge on any atom is 0.0682 e. The van der Waals surface area contributed by atoms with Crippen molar-refractivity contribution in [1.29, 1.82) is 0 Å². The molecule has 0 aromatic heterocycles. The van der Waals surface area contributed by atoms with E-state index in [4.69, 9.17) is 4.84 Å². The Balaban J connectivity index is 3.60. The van der Waals surface area contributed by atoms with Crippen molar-refractivity contribution in [2.24, 2.45) is 0 Å². The third-order valence-corrected chi connectivity index (χ3v) is 2.11. The van der Waals surface area contributed by atoms with E-state index in [0.29, 0.717) is 6.04 Å². The minimum Gasteiger partial charge on any atom is -0.299 e. The van der Waals surface area contributed by atoms with Crippen LogP contribution in [0.4, 0.5) is 0 Å². The number of hydrogen-bond donors (Lipinski definition) is 0. The fraction of sp³-hybridized carbons (Fsp3) is 1.00. The topological polar surface area (TPSA) is 12.5 Å².